The molecule has 4 atom stereocenters. The summed E-state index contributed by atoms with van der Waals surface area (Å²) in [5.74, 6) is -2.32. The quantitative estimate of drug-likeness (QED) is 0.319. The van der Waals surface area contributed by atoms with Crippen LogP contribution in [0.3, 0.4) is 0 Å². The molecule has 2 heterocycles. The van der Waals surface area contributed by atoms with E-state index in [0.29, 0.717) is 25.8 Å². The molecule has 0 aromatic heterocycles. The summed E-state index contributed by atoms with van der Waals surface area (Å²) in [6.07, 6.45) is 4.18. The Bertz CT molecular complexity index is 1120. The minimum Gasteiger partial charge on any atom is -0.459 e. The number of carbonyl (C=O) groups is 4. The fourth-order valence-corrected chi connectivity index (χ4v) is 7.65. The summed E-state index contributed by atoms with van der Waals surface area (Å²) in [4.78, 5) is 56.4. The van der Waals surface area contributed by atoms with Crippen LogP contribution in [0.15, 0.2) is 0 Å². The van der Waals surface area contributed by atoms with E-state index in [4.69, 9.17) is 4.74 Å². The van der Waals surface area contributed by atoms with Crippen molar-refractivity contribution < 1.29 is 32.3 Å². The van der Waals surface area contributed by atoms with E-state index >= 15 is 0 Å². The third-order valence-corrected chi connectivity index (χ3v) is 9.55. The Labute approximate surface area is 231 Å². The number of nitrogens with zero attached hydrogens (tertiary/aromatic N) is 2. The molecule has 3 amide bonds. The highest BCUT2D eigenvalue weighted by molar-refractivity contribution is 7.87. The lowest BCUT2D eigenvalue weighted by Gasteiger charge is -2.44. The van der Waals surface area contributed by atoms with Gasteiger partial charge >= 0.3 is 5.97 Å². The molecule has 12 heteroatoms. The van der Waals surface area contributed by atoms with Crippen molar-refractivity contribution in [3.05, 3.63) is 0 Å². The molecule has 0 bridgehead atoms. The zero-order chi connectivity index (χ0) is 29.1. The first kappa shape index (κ1) is 29.9. The van der Waals surface area contributed by atoms with E-state index in [2.05, 4.69) is 9.44 Å². The molecular weight excluding hydrogens is 524 g/mol. The van der Waals surface area contributed by atoms with Crippen LogP contribution in [0, 0.1) is 23.2 Å². The smallest absolute Gasteiger partial charge is 0.325 e. The van der Waals surface area contributed by atoms with Crippen LogP contribution in [0.2, 0.25) is 0 Å². The average Bonchev–Trinajstić information content (AvgIpc) is 3.48. The van der Waals surface area contributed by atoms with E-state index in [1.165, 1.54) is 4.90 Å². The lowest BCUT2D eigenvalue weighted by Crippen LogP contribution is -2.60. The SMILES string of the molecule is CC(C)[C@H](NS(=O)(=O)N[C@H](C(=O)N1CC[C@H]2[C@H]1C1(CCC1)C(=O)N2C(=O)C1CC1)C(C)C)C(=O)OC(C)(C)C. The number of esters is 1. The van der Waals surface area contributed by atoms with Crippen LogP contribution < -0.4 is 9.44 Å². The molecule has 2 saturated carbocycles. The van der Waals surface area contributed by atoms with Gasteiger partial charge in [0.1, 0.15) is 17.7 Å². The Balaban J connectivity index is 1.54. The number of hydrogen-bond donors (Lipinski definition) is 2. The van der Waals surface area contributed by atoms with Gasteiger partial charge in [-0.1, -0.05) is 34.1 Å². The van der Waals surface area contributed by atoms with Crippen molar-refractivity contribution in [3.63, 3.8) is 0 Å². The molecule has 4 rings (SSSR count). The maximum Gasteiger partial charge on any atom is 0.325 e. The molecule has 2 saturated heterocycles. The average molecular weight is 569 g/mol. The molecule has 2 N–H and O–H groups in total. The van der Waals surface area contributed by atoms with Crippen LogP contribution in [0.4, 0.5) is 0 Å². The number of fused-ring (bicyclic) bond motifs is 2. The van der Waals surface area contributed by atoms with Crippen molar-refractivity contribution in [2.75, 3.05) is 6.54 Å². The fourth-order valence-electron chi connectivity index (χ4n) is 6.18. The van der Waals surface area contributed by atoms with Crippen LogP contribution in [-0.4, -0.2) is 78.2 Å². The van der Waals surface area contributed by atoms with E-state index < -0.39 is 63.1 Å². The Morgan fingerprint density at radius 2 is 1.54 bits per heavy atom. The van der Waals surface area contributed by atoms with Gasteiger partial charge in [-0.2, -0.15) is 17.9 Å². The second-order valence-electron chi connectivity index (χ2n) is 13.3. The van der Waals surface area contributed by atoms with Gasteiger partial charge in [-0.3, -0.25) is 24.1 Å². The number of amides is 3. The first-order valence-corrected chi connectivity index (χ1v) is 15.7. The molecule has 2 aliphatic heterocycles. The summed E-state index contributed by atoms with van der Waals surface area (Å²) in [6, 6.07) is -3.07. The van der Waals surface area contributed by atoms with Gasteiger partial charge in [-0.15, -0.1) is 0 Å². The first-order valence-electron chi connectivity index (χ1n) is 14.2. The highest BCUT2D eigenvalue weighted by Gasteiger charge is 2.68. The minimum absolute atomic E-state index is 0.102. The van der Waals surface area contributed by atoms with Gasteiger partial charge in [0.05, 0.1) is 17.5 Å². The van der Waals surface area contributed by atoms with Gasteiger partial charge in [0.25, 0.3) is 10.2 Å². The summed E-state index contributed by atoms with van der Waals surface area (Å²) in [6.45, 7) is 12.4. The third kappa shape index (κ3) is 5.74. The standard InChI is InChI=1S/C27H44N4O7S/c1-15(2)19(28-39(36,37)29-20(16(3)4)24(34)38-26(5,6)7)23(33)30-14-11-18-21(30)27(12-8-13-27)25(35)31(18)22(32)17-9-10-17/h15-21,28-29H,8-14H2,1-7H3/t18-,19-,20-,21-/m0/s1. The van der Waals surface area contributed by atoms with Gasteiger partial charge in [-0.25, -0.2) is 0 Å². The number of imide groups is 1. The molecular formula is C27H44N4O7S. The van der Waals surface area contributed by atoms with E-state index in [-0.39, 0.29) is 23.8 Å². The predicted octanol–water partition coefficient (Wildman–Crippen LogP) is 1.72. The summed E-state index contributed by atoms with van der Waals surface area (Å²) in [5.41, 5.74) is -1.56. The molecule has 4 fully saturated rings. The summed E-state index contributed by atoms with van der Waals surface area (Å²) in [7, 11) is -4.31. The second-order valence-corrected chi connectivity index (χ2v) is 14.8. The molecule has 1 spiro atoms. The van der Waals surface area contributed by atoms with Crippen molar-refractivity contribution in [1.82, 2.24) is 19.2 Å². The fraction of sp³-hybridized carbons (Fsp3) is 0.852. The monoisotopic (exact) mass is 568 g/mol. The van der Waals surface area contributed by atoms with Crippen LogP contribution >= 0.6 is 0 Å². The second kappa shape index (κ2) is 10.4. The van der Waals surface area contributed by atoms with E-state index in [1.807, 2.05) is 0 Å². The number of hydrogen-bond acceptors (Lipinski definition) is 7. The summed E-state index contributed by atoms with van der Waals surface area (Å²) >= 11 is 0. The van der Waals surface area contributed by atoms with Gasteiger partial charge in [0.15, 0.2) is 0 Å². The van der Waals surface area contributed by atoms with Crippen molar-refractivity contribution in [2.45, 2.75) is 117 Å². The molecule has 4 aliphatic rings. The molecule has 2 aliphatic carbocycles. The lowest BCUT2D eigenvalue weighted by atomic mass is 9.64. The van der Waals surface area contributed by atoms with Crippen molar-refractivity contribution in [2.24, 2.45) is 23.2 Å². The normalized spacial score (nSPS) is 26.1. The number of likely N-dealkylation sites (tertiary alicyclic amines) is 2. The van der Waals surface area contributed by atoms with Crippen LogP contribution in [-0.2, 0) is 34.1 Å². The number of rotatable bonds is 9. The molecule has 39 heavy (non-hydrogen) atoms. The Morgan fingerprint density at radius 1 is 0.974 bits per heavy atom. The minimum atomic E-state index is -4.31. The predicted molar refractivity (Wildman–Crippen MR) is 143 cm³/mol. The molecule has 220 valence electrons. The van der Waals surface area contributed by atoms with E-state index in [0.717, 1.165) is 19.3 Å². The Hall–Kier alpha value is -2.05. The molecule has 0 unspecified atom stereocenters. The van der Waals surface area contributed by atoms with Crippen LogP contribution in [0.1, 0.15) is 87.0 Å². The summed E-state index contributed by atoms with van der Waals surface area (Å²) in [5, 5.41) is 0. The van der Waals surface area contributed by atoms with Crippen molar-refractivity contribution in [3.8, 4) is 0 Å². The highest BCUT2D eigenvalue weighted by atomic mass is 32.2. The number of ether oxygens (including phenoxy) is 1. The molecule has 11 nitrogen and oxygen atoms in total. The van der Waals surface area contributed by atoms with E-state index in [9.17, 15) is 27.6 Å². The van der Waals surface area contributed by atoms with Gasteiger partial charge in [0.2, 0.25) is 17.7 Å². The third-order valence-electron chi connectivity index (χ3n) is 8.43. The van der Waals surface area contributed by atoms with Crippen LogP contribution in [0.25, 0.3) is 0 Å². The van der Waals surface area contributed by atoms with Gasteiger partial charge in [0, 0.05) is 12.5 Å². The van der Waals surface area contributed by atoms with Crippen molar-refractivity contribution in [1.29, 1.82) is 0 Å². The maximum atomic E-state index is 14.0. The Kier molecular flexibility index (Phi) is 7.99. The molecule has 0 radical (unpaired) electrons. The lowest BCUT2D eigenvalue weighted by molar-refractivity contribution is -0.158. The molecule has 0 aromatic carbocycles. The van der Waals surface area contributed by atoms with Crippen LogP contribution in [0.5, 0.6) is 0 Å². The van der Waals surface area contributed by atoms with E-state index in [1.54, 1.807) is 53.4 Å². The first-order chi connectivity index (χ1) is 18.0. The number of nitrogens with one attached hydrogen (secondary N) is 2. The zero-order valence-corrected chi connectivity index (χ0v) is 25.0. The summed E-state index contributed by atoms with van der Waals surface area (Å²) < 4.78 is 36.8. The number of carbonyl (C=O) groups excluding carboxylic acids is 4. The highest BCUT2D eigenvalue weighted by Crippen LogP contribution is 2.56. The zero-order valence-electron chi connectivity index (χ0n) is 24.2. The van der Waals surface area contributed by atoms with Gasteiger partial charge in [-0.05, 0) is 64.7 Å². The van der Waals surface area contributed by atoms with Crippen molar-refractivity contribution >= 4 is 33.9 Å². The largest absolute Gasteiger partial charge is 0.459 e. The maximum absolute atomic E-state index is 14.0. The molecule has 0 aromatic rings. The van der Waals surface area contributed by atoms with Gasteiger partial charge < -0.3 is 9.64 Å². The topological polar surface area (TPSA) is 142 Å². The Morgan fingerprint density at radius 3 is 2.00 bits per heavy atom.